The maximum atomic E-state index is 12.8. The fraction of sp³-hybridized carbons (Fsp3) is 0.608. The number of hydroxylamine groups is 4. The molecule has 3 N–H and O–H groups in total. The van der Waals surface area contributed by atoms with Crippen LogP contribution in [0.15, 0.2) is 97.1 Å². The lowest BCUT2D eigenvalue weighted by Crippen LogP contribution is -2.77. The second-order valence-corrected chi connectivity index (χ2v) is 42.0. The van der Waals surface area contributed by atoms with Gasteiger partial charge in [-0.25, -0.2) is 10.1 Å². The quantitative estimate of drug-likeness (QED) is 0.0888. The Hall–Kier alpha value is -2.89. The standard InChI is InChI=1S/C25H41NO6Si2.C25H39NO4Si2.CH4O/c1-23(2,3)34(7,8)32-22-21(31-33(4,5)6)24(14-15-25(22,29)18-27)16-20(28)26(24)30-17-19-12-10-9-11-13-19;1-19-15-16-25(17-21(27)26(25)28-18-20-13-11-10-12-14-20)23(30-31(5,6)7)22(19)29-32(8,9)24(2,3)4;1-2/h9-15,21-22,27,29H,16-18H2,1-8H3;10-16,22-23H,1,17-18H2,2-9H3;2H,1H3/t21-,22+,24+,25-;22-,23-,25+;/m11./s1. The molecule has 2 saturated heterocycles. The van der Waals surface area contributed by atoms with E-state index >= 15 is 0 Å². The van der Waals surface area contributed by atoms with E-state index in [0.717, 1.165) is 23.8 Å². The van der Waals surface area contributed by atoms with E-state index in [1.54, 1.807) is 12.2 Å². The number of hydrogen-bond donors (Lipinski definition) is 3. The minimum atomic E-state index is -2.39. The summed E-state index contributed by atoms with van der Waals surface area (Å²) in [4.78, 5) is 37.7. The molecule has 2 aliphatic heterocycles. The topological polar surface area (TPSA) is 157 Å². The van der Waals surface area contributed by atoms with Crippen LogP contribution in [0.1, 0.15) is 65.5 Å². The lowest BCUT2D eigenvalue weighted by Gasteiger charge is -2.60. The van der Waals surface area contributed by atoms with Crippen LogP contribution in [0.5, 0.6) is 0 Å². The van der Waals surface area contributed by atoms with Gasteiger partial charge in [0.2, 0.25) is 11.8 Å². The Bertz CT molecular complexity index is 2100. The van der Waals surface area contributed by atoms with Crippen LogP contribution in [-0.4, -0.2) is 125 Å². The average molecular weight is 1010 g/mol. The third-order valence-electron chi connectivity index (χ3n) is 13.8. The molecule has 17 heteroatoms. The Balaban J connectivity index is 0.000000287. The van der Waals surface area contributed by atoms with Gasteiger partial charge in [0.05, 0.1) is 25.6 Å². The fourth-order valence-corrected chi connectivity index (χ4v) is 12.7. The van der Waals surface area contributed by atoms with Gasteiger partial charge in [-0.1, -0.05) is 127 Å². The zero-order valence-electron chi connectivity index (χ0n) is 44.1. The number of rotatable bonds is 15. The lowest BCUT2D eigenvalue weighted by atomic mass is 9.70. The first-order valence-corrected chi connectivity index (χ1v) is 36.4. The number of aliphatic hydroxyl groups is 3. The summed E-state index contributed by atoms with van der Waals surface area (Å²) in [6.45, 7) is 38.8. The van der Waals surface area contributed by atoms with Crippen molar-refractivity contribution in [3.05, 3.63) is 108 Å². The van der Waals surface area contributed by atoms with Crippen LogP contribution in [0.3, 0.4) is 0 Å². The molecule has 2 amide bonds. The van der Waals surface area contributed by atoms with Crippen molar-refractivity contribution in [2.45, 2.75) is 184 Å². The predicted molar refractivity (Wildman–Crippen MR) is 279 cm³/mol. The van der Waals surface area contributed by atoms with Gasteiger partial charge < -0.3 is 33.0 Å². The minimum absolute atomic E-state index is 0.0339. The summed E-state index contributed by atoms with van der Waals surface area (Å²) in [5.74, 6) is -0.182. The SMILES string of the molecule is C=C1C=C[C@]2(CC(=O)N2OCc2ccccc2)[C@H](O[Si](C)(C)C)[C@@H]1O[Si](C)(C)C(C)(C)C.CC(C)(C)[Si](C)(C)O[C@H]1[C@@H](O[Si](C)(C)C)[C@]2(C=C[C@@]1(O)CO)CC(=O)N2OCc1ccccc1.CO. The molecule has 13 nitrogen and oxygen atoms in total. The maximum absolute atomic E-state index is 12.8. The van der Waals surface area contributed by atoms with E-state index in [0.29, 0.717) is 13.0 Å². The van der Waals surface area contributed by atoms with Gasteiger partial charge in [0.25, 0.3) is 0 Å². The molecule has 68 heavy (non-hydrogen) atoms. The summed E-state index contributed by atoms with van der Waals surface area (Å²) < 4.78 is 27.1. The van der Waals surface area contributed by atoms with E-state index in [1.165, 1.54) is 10.1 Å². The second-order valence-electron chi connectivity index (χ2n) is 23.5. The molecule has 2 heterocycles. The number of β-lactam (4-membered cyclic amide) rings is 2. The van der Waals surface area contributed by atoms with E-state index in [9.17, 15) is 19.8 Å². The normalized spacial score (nSPS) is 27.6. The van der Waals surface area contributed by atoms with Crippen molar-refractivity contribution >= 4 is 45.1 Å². The van der Waals surface area contributed by atoms with Crippen LogP contribution < -0.4 is 0 Å². The first-order chi connectivity index (χ1) is 31.2. The summed E-state index contributed by atoms with van der Waals surface area (Å²) in [5, 5.41) is 31.6. The Morgan fingerprint density at radius 1 is 0.603 bits per heavy atom. The van der Waals surface area contributed by atoms with Crippen LogP contribution in [0.4, 0.5) is 0 Å². The molecule has 2 aliphatic carbocycles. The highest BCUT2D eigenvalue weighted by Crippen LogP contribution is 2.50. The van der Waals surface area contributed by atoms with Gasteiger partial charge in [0.15, 0.2) is 33.3 Å². The van der Waals surface area contributed by atoms with Gasteiger partial charge in [0.1, 0.15) is 48.2 Å². The molecule has 7 atom stereocenters. The highest BCUT2D eigenvalue weighted by Gasteiger charge is 2.66. The van der Waals surface area contributed by atoms with E-state index < -0.39 is 68.8 Å². The summed E-state index contributed by atoms with van der Waals surface area (Å²) in [6.07, 6.45) is 5.69. The number of hydrogen-bond acceptors (Lipinski definition) is 11. The van der Waals surface area contributed by atoms with Crippen LogP contribution in [-0.2, 0) is 50.2 Å². The molecule has 6 rings (SSSR count). The van der Waals surface area contributed by atoms with Crippen molar-refractivity contribution in [1.29, 1.82) is 0 Å². The molecular weight excluding hydrogens is 929 g/mol. The van der Waals surface area contributed by atoms with Crippen LogP contribution in [0.25, 0.3) is 0 Å². The first kappa shape index (κ1) is 57.7. The van der Waals surface area contributed by atoms with E-state index in [2.05, 4.69) is 114 Å². The molecule has 0 bridgehead atoms. The zero-order chi connectivity index (χ0) is 51.5. The van der Waals surface area contributed by atoms with E-state index in [-0.39, 0.29) is 47.1 Å². The minimum Gasteiger partial charge on any atom is -0.409 e. The number of aliphatic hydroxyl groups excluding tert-OH is 2. The third kappa shape index (κ3) is 12.9. The Morgan fingerprint density at radius 2 is 1.00 bits per heavy atom. The number of nitrogens with zero attached hydrogens (tertiary/aromatic N) is 2. The van der Waals surface area contributed by atoms with Crippen LogP contribution in [0.2, 0.25) is 75.5 Å². The highest BCUT2D eigenvalue weighted by molar-refractivity contribution is 6.74. The molecule has 0 saturated carbocycles. The Labute approximate surface area is 411 Å². The largest absolute Gasteiger partial charge is 0.409 e. The molecule has 2 spiro atoms. The van der Waals surface area contributed by atoms with Crippen molar-refractivity contribution in [3.8, 4) is 0 Å². The smallest absolute Gasteiger partial charge is 0.249 e. The van der Waals surface area contributed by atoms with Crippen molar-refractivity contribution < 1.29 is 52.3 Å². The summed E-state index contributed by atoms with van der Waals surface area (Å²) in [7, 11) is -7.66. The number of amides is 2. The van der Waals surface area contributed by atoms with Crippen molar-refractivity contribution in [2.24, 2.45) is 0 Å². The van der Waals surface area contributed by atoms with Crippen molar-refractivity contribution in [2.75, 3.05) is 13.7 Å². The lowest BCUT2D eigenvalue weighted by molar-refractivity contribution is -0.282. The maximum Gasteiger partial charge on any atom is 0.249 e. The molecular formula is C51H84N2O11Si4. The van der Waals surface area contributed by atoms with Gasteiger partial charge in [-0.2, -0.15) is 0 Å². The third-order valence-corrected chi connectivity index (χ3v) is 24.6. The van der Waals surface area contributed by atoms with E-state index in [1.807, 2.05) is 72.8 Å². The van der Waals surface area contributed by atoms with Gasteiger partial charge in [-0.05, 0) is 98.3 Å². The summed E-state index contributed by atoms with van der Waals surface area (Å²) >= 11 is 0. The first-order valence-electron chi connectivity index (χ1n) is 23.8. The van der Waals surface area contributed by atoms with Gasteiger partial charge in [-0.3, -0.25) is 19.3 Å². The van der Waals surface area contributed by atoms with Gasteiger partial charge in [-0.15, -0.1) is 0 Å². The molecule has 4 aliphatic rings. The molecule has 0 radical (unpaired) electrons. The van der Waals surface area contributed by atoms with Crippen molar-refractivity contribution in [1.82, 2.24) is 10.1 Å². The second kappa shape index (κ2) is 21.4. The summed E-state index contributed by atoms with van der Waals surface area (Å²) in [6, 6.07) is 19.6. The predicted octanol–water partition coefficient (Wildman–Crippen LogP) is 9.43. The summed E-state index contributed by atoms with van der Waals surface area (Å²) in [5.41, 5.74) is -0.370. The Morgan fingerprint density at radius 3 is 1.38 bits per heavy atom. The Kier molecular flexibility index (Phi) is 18.2. The fourth-order valence-electron chi connectivity index (χ4n) is 7.97. The number of carbonyl (C=O) groups is 2. The zero-order valence-corrected chi connectivity index (χ0v) is 48.1. The molecule has 2 fully saturated rings. The molecule has 2 aromatic rings. The average Bonchev–Trinajstić information content (AvgIpc) is 3.22. The van der Waals surface area contributed by atoms with Crippen molar-refractivity contribution in [3.63, 3.8) is 0 Å². The molecule has 380 valence electrons. The van der Waals surface area contributed by atoms with Crippen LogP contribution in [0, 0.1) is 0 Å². The van der Waals surface area contributed by atoms with Gasteiger partial charge >= 0.3 is 0 Å². The molecule has 0 aromatic heterocycles. The molecule has 0 unspecified atom stereocenters. The van der Waals surface area contributed by atoms with Gasteiger partial charge in [0, 0.05) is 7.11 Å². The number of benzene rings is 2. The number of carbonyl (C=O) groups excluding carboxylic acids is 2. The van der Waals surface area contributed by atoms with Crippen LogP contribution >= 0.6 is 0 Å². The highest BCUT2D eigenvalue weighted by atomic mass is 28.4. The van der Waals surface area contributed by atoms with E-state index in [4.69, 9.17) is 32.5 Å². The molecule has 2 aromatic carbocycles. The monoisotopic (exact) mass is 1010 g/mol.